The van der Waals surface area contributed by atoms with E-state index in [4.69, 9.17) is 9.15 Å². The number of carbonyl (C=O) groups excluding carboxylic acids is 2. The van der Waals surface area contributed by atoms with Gasteiger partial charge in [0.15, 0.2) is 6.61 Å². The Morgan fingerprint density at radius 1 is 1.28 bits per heavy atom. The number of furan rings is 1. The third kappa shape index (κ3) is 5.25. The normalized spacial score (nSPS) is 11.2. The number of ether oxygens (including phenoxy) is 1. The van der Waals surface area contributed by atoms with E-state index in [2.05, 4.69) is 16.1 Å². The molecule has 10 nitrogen and oxygen atoms in total. The molecule has 1 amide bonds. The fourth-order valence-corrected chi connectivity index (χ4v) is 4.90. The number of hydrogen-bond donors (Lipinski definition) is 2. The van der Waals surface area contributed by atoms with Crippen molar-refractivity contribution in [1.82, 2.24) is 9.29 Å². The number of nitrogens with zero attached hydrogens (tertiary/aromatic N) is 2. The molecule has 0 radical (unpaired) electrons. The molecular formula is C20H20N4O6S2. The minimum atomic E-state index is -3.82. The van der Waals surface area contributed by atoms with Gasteiger partial charge in [0.1, 0.15) is 28.4 Å². The Kier molecular flexibility index (Phi) is 7.14. The Morgan fingerprint density at radius 2 is 2.06 bits per heavy atom. The molecule has 12 heteroatoms. The van der Waals surface area contributed by atoms with Gasteiger partial charge in [0.05, 0.1) is 18.4 Å². The molecule has 0 spiro atoms. The number of aromatic nitrogens is 1. The summed E-state index contributed by atoms with van der Waals surface area (Å²) in [6, 6.07) is 8.55. The second-order valence-electron chi connectivity index (χ2n) is 6.68. The molecule has 2 N–H and O–H groups in total. The number of esters is 1. The molecule has 0 saturated heterocycles. The van der Waals surface area contributed by atoms with Gasteiger partial charge in [0.25, 0.3) is 15.9 Å². The molecule has 0 saturated carbocycles. The average molecular weight is 477 g/mol. The Labute approximate surface area is 188 Å². The summed E-state index contributed by atoms with van der Waals surface area (Å²) in [5.74, 6) is -0.695. The van der Waals surface area contributed by atoms with Gasteiger partial charge in [-0.1, -0.05) is 6.07 Å². The van der Waals surface area contributed by atoms with Gasteiger partial charge in [0.2, 0.25) is 0 Å². The van der Waals surface area contributed by atoms with E-state index in [0.717, 1.165) is 17.0 Å². The van der Waals surface area contributed by atoms with Crippen LogP contribution in [-0.2, 0) is 30.9 Å². The predicted octanol–water partition coefficient (Wildman–Crippen LogP) is 2.14. The number of nitrogens with one attached hydrogen (secondary N) is 2. The first-order valence-corrected chi connectivity index (χ1v) is 11.7. The first-order chi connectivity index (χ1) is 15.2. The van der Waals surface area contributed by atoms with E-state index >= 15 is 0 Å². The van der Waals surface area contributed by atoms with Crippen molar-refractivity contribution < 1.29 is 27.2 Å². The number of carbonyl (C=O) groups is 2. The molecule has 0 fully saturated rings. The SMILES string of the molecule is Cc1c(C#N)c(NC(=O)COC(=O)CNS(=O)(=O)c2cccs2)n(Cc2ccco2)c1C. The average Bonchev–Trinajstić information content (AvgIpc) is 3.51. The lowest BCUT2D eigenvalue weighted by Crippen LogP contribution is -2.32. The van der Waals surface area contributed by atoms with E-state index in [1.807, 2.05) is 6.92 Å². The predicted molar refractivity (Wildman–Crippen MR) is 116 cm³/mol. The molecule has 0 atom stereocenters. The van der Waals surface area contributed by atoms with Gasteiger partial charge in [-0.2, -0.15) is 9.98 Å². The third-order valence-corrected chi connectivity index (χ3v) is 7.42. The lowest BCUT2D eigenvalue weighted by atomic mass is 10.2. The molecular weight excluding hydrogens is 456 g/mol. The molecule has 3 rings (SSSR count). The third-order valence-electron chi connectivity index (χ3n) is 4.62. The number of rotatable bonds is 9. The fourth-order valence-electron chi connectivity index (χ4n) is 2.89. The van der Waals surface area contributed by atoms with Crippen LogP contribution in [0.4, 0.5) is 5.82 Å². The van der Waals surface area contributed by atoms with E-state index in [-0.39, 0.29) is 15.6 Å². The molecule has 3 aromatic heterocycles. The maximum Gasteiger partial charge on any atom is 0.321 e. The summed E-state index contributed by atoms with van der Waals surface area (Å²) in [5.41, 5.74) is 1.76. The van der Waals surface area contributed by atoms with E-state index in [1.165, 1.54) is 12.3 Å². The van der Waals surface area contributed by atoms with Crippen molar-refractivity contribution in [2.45, 2.75) is 24.6 Å². The second-order valence-corrected chi connectivity index (χ2v) is 9.62. The van der Waals surface area contributed by atoms with Crippen LogP contribution >= 0.6 is 11.3 Å². The van der Waals surface area contributed by atoms with Gasteiger partial charge >= 0.3 is 5.97 Å². The summed E-state index contributed by atoms with van der Waals surface area (Å²) in [6.07, 6.45) is 1.52. The van der Waals surface area contributed by atoms with Crippen molar-refractivity contribution in [1.29, 1.82) is 5.26 Å². The zero-order chi connectivity index (χ0) is 23.3. The maximum atomic E-state index is 12.4. The summed E-state index contributed by atoms with van der Waals surface area (Å²) >= 11 is 1.01. The summed E-state index contributed by atoms with van der Waals surface area (Å²) in [6.45, 7) is 2.61. The van der Waals surface area contributed by atoms with Crippen LogP contribution in [0.25, 0.3) is 0 Å². The first-order valence-electron chi connectivity index (χ1n) is 9.33. The smallest absolute Gasteiger partial charge is 0.321 e. The van der Waals surface area contributed by atoms with Crippen LogP contribution in [0.2, 0.25) is 0 Å². The summed E-state index contributed by atoms with van der Waals surface area (Å²) in [7, 11) is -3.82. The minimum absolute atomic E-state index is 0.0649. The Hall–Kier alpha value is -3.40. The largest absolute Gasteiger partial charge is 0.467 e. The number of thiophene rings is 1. The van der Waals surface area contributed by atoms with Crippen molar-refractivity contribution in [2.75, 3.05) is 18.5 Å². The van der Waals surface area contributed by atoms with Gasteiger partial charge < -0.3 is 19.0 Å². The molecule has 3 heterocycles. The van der Waals surface area contributed by atoms with Gasteiger partial charge in [-0.05, 0) is 43.0 Å². The summed E-state index contributed by atoms with van der Waals surface area (Å²) in [5, 5.41) is 13.7. The Bertz CT molecular complexity index is 1250. The van der Waals surface area contributed by atoms with Crippen molar-refractivity contribution >= 4 is 39.1 Å². The van der Waals surface area contributed by atoms with Gasteiger partial charge in [-0.3, -0.25) is 9.59 Å². The zero-order valence-corrected chi connectivity index (χ0v) is 18.9. The first kappa shape index (κ1) is 23.3. The van der Waals surface area contributed by atoms with E-state index in [9.17, 15) is 23.3 Å². The van der Waals surface area contributed by atoms with Crippen LogP contribution in [0, 0.1) is 25.2 Å². The molecule has 0 aliphatic rings. The molecule has 168 valence electrons. The van der Waals surface area contributed by atoms with Gasteiger partial charge in [0, 0.05) is 5.69 Å². The maximum absolute atomic E-state index is 12.4. The van der Waals surface area contributed by atoms with Crippen LogP contribution in [0.15, 0.2) is 44.5 Å². The molecule has 3 aromatic rings. The molecule has 0 aliphatic heterocycles. The Morgan fingerprint density at radius 3 is 2.69 bits per heavy atom. The van der Waals surface area contributed by atoms with Crippen molar-refractivity contribution in [3.63, 3.8) is 0 Å². The number of sulfonamides is 1. The van der Waals surface area contributed by atoms with Crippen LogP contribution in [0.1, 0.15) is 22.6 Å². The van der Waals surface area contributed by atoms with Crippen LogP contribution < -0.4 is 10.0 Å². The van der Waals surface area contributed by atoms with E-state index in [1.54, 1.807) is 35.1 Å². The minimum Gasteiger partial charge on any atom is -0.467 e. The number of amides is 1. The highest BCUT2D eigenvalue weighted by Crippen LogP contribution is 2.27. The molecule has 0 aromatic carbocycles. The van der Waals surface area contributed by atoms with Crippen LogP contribution in [0.5, 0.6) is 0 Å². The van der Waals surface area contributed by atoms with Crippen LogP contribution in [-0.4, -0.2) is 38.0 Å². The van der Waals surface area contributed by atoms with Crippen molar-refractivity contribution in [3.8, 4) is 6.07 Å². The van der Waals surface area contributed by atoms with Gasteiger partial charge in [-0.25, -0.2) is 8.42 Å². The topological polar surface area (TPSA) is 143 Å². The lowest BCUT2D eigenvalue weighted by Gasteiger charge is -2.12. The number of hydrogen-bond acceptors (Lipinski definition) is 8. The van der Waals surface area contributed by atoms with E-state index < -0.39 is 35.1 Å². The summed E-state index contributed by atoms with van der Waals surface area (Å²) in [4.78, 5) is 24.3. The molecule has 32 heavy (non-hydrogen) atoms. The highest BCUT2D eigenvalue weighted by molar-refractivity contribution is 7.91. The highest BCUT2D eigenvalue weighted by atomic mass is 32.2. The van der Waals surface area contributed by atoms with Crippen molar-refractivity contribution in [3.05, 3.63) is 58.5 Å². The zero-order valence-electron chi connectivity index (χ0n) is 17.2. The fraction of sp³-hybridized carbons (Fsp3) is 0.250. The number of anilines is 1. The van der Waals surface area contributed by atoms with Gasteiger partial charge in [-0.15, -0.1) is 11.3 Å². The summed E-state index contributed by atoms with van der Waals surface area (Å²) < 4.78 is 38.2. The Balaban J connectivity index is 1.61. The monoisotopic (exact) mass is 476 g/mol. The number of nitriles is 1. The lowest BCUT2D eigenvalue weighted by molar-refractivity contribution is -0.146. The van der Waals surface area contributed by atoms with E-state index in [0.29, 0.717) is 17.9 Å². The molecule has 0 aliphatic carbocycles. The quantitative estimate of drug-likeness (QED) is 0.450. The van der Waals surface area contributed by atoms with Crippen LogP contribution in [0.3, 0.4) is 0 Å². The molecule has 0 bridgehead atoms. The highest BCUT2D eigenvalue weighted by Gasteiger charge is 2.21. The second kappa shape index (κ2) is 9.82. The van der Waals surface area contributed by atoms with Crippen molar-refractivity contribution in [2.24, 2.45) is 0 Å². The molecule has 0 unspecified atom stereocenters. The standard InChI is InChI=1S/C20H20N4O6S2/c1-13-14(2)24(11-15-5-3-7-29-15)20(16(13)9-21)23-17(25)12-30-18(26)10-22-32(27,28)19-6-4-8-31-19/h3-8,22H,10-12H2,1-2H3,(H,23,25).